The number of hydrogen-bond donors (Lipinski definition) is 1. The van der Waals surface area contributed by atoms with Crippen LogP contribution in [0.15, 0.2) is 47.8 Å². The van der Waals surface area contributed by atoms with Crippen molar-refractivity contribution < 1.29 is 23.1 Å². The first-order valence-corrected chi connectivity index (χ1v) is 10.9. The molecule has 1 N–H and O–H groups in total. The molecule has 0 amide bonds. The number of fused-ring (bicyclic) bond motifs is 1. The molecule has 0 unspecified atom stereocenters. The van der Waals surface area contributed by atoms with Gasteiger partial charge >= 0.3 is 17.8 Å². The van der Waals surface area contributed by atoms with Crippen molar-refractivity contribution in [3.05, 3.63) is 70.7 Å². The molecule has 0 aliphatic carbocycles. The summed E-state index contributed by atoms with van der Waals surface area (Å²) in [7, 11) is 0. The maximum atomic E-state index is 13.0. The quantitative estimate of drug-likeness (QED) is 0.439. The van der Waals surface area contributed by atoms with Crippen molar-refractivity contribution in [3.8, 4) is 0 Å². The molecule has 1 aromatic carbocycles. The van der Waals surface area contributed by atoms with Crippen LogP contribution in [0, 0.1) is 6.92 Å². The third-order valence-electron chi connectivity index (χ3n) is 5.09. The Morgan fingerprint density at radius 1 is 1.18 bits per heavy atom. The molecule has 0 fully saturated rings. The number of hydrogen-bond acceptors (Lipinski definition) is 3. The van der Waals surface area contributed by atoms with Gasteiger partial charge in [-0.15, -0.1) is 0 Å². The summed E-state index contributed by atoms with van der Waals surface area (Å²) >= 11 is 0. The average Bonchev–Trinajstić information content (AvgIpc) is 3.23. The lowest BCUT2D eigenvalue weighted by Gasteiger charge is -2.12. The van der Waals surface area contributed by atoms with Crippen LogP contribution >= 0.6 is 0 Å². The highest BCUT2D eigenvalue weighted by Crippen LogP contribution is 2.24. The molecule has 10 heteroatoms. The fraction of sp³-hybridized carbons (Fsp3) is 0.375. The number of alkyl halides is 3. The molecule has 2 heterocycles. The second-order valence-corrected chi connectivity index (χ2v) is 7.30. The van der Waals surface area contributed by atoms with E-state index in [1.807, 2.05) is 13.8 Å². The first-order valence-electron chi connectivity index (χ1n) is 10.9. The second kappa shape index (κ2) is 11.5. The minimum atomic E-state index is -4.26. The van der Waals surface area contributed by atoms with E-state index in [9.17, 15) is 27.9 Å². The smallest absolute Gasteiger partial charge is 0.389 e. The Labute approximate surface area is 195 Å². The maximum absolute atomic E-state index is 13.0. The summed E-state index contributed by atoms with van der Waals surface area (Å²) in [6, 6.07) is 7.06. The van der Waals surface area contributed by atoms with Crippen molar-refractivity contribution in [1.82, 2.24) is 18.7 Å². The van der Waals surface area contributed by atoms with Gasteiger partial charge in [-0.2, -0.15) is 13.2 Å². The Morgan fingerprint density at radius 3 is 2.47 bits per heavy atom. The van der Waals surface area contributed by atoms with Crippen molar-refractivity contribution in [1.29, 1.82) is 0 Å². The third-order valence-corrected chi connectivity index (χ3v) is 5.09. The lowest BCUT2D eigenvalue weighted by molar-refractivity contribution is -0.138. The zero-order valence-electron chi connectivity index (χ0n) is 19.5. The van der Waals surface area contributed by atoms with Crippen molar-refractivity contribution in [3.63, 3.8) is 0 Å². The van der Waals surface area contributed by atoms with Crippen LogP contribution in [0.25, 0.3) is 17.1 Å². The first-order chi connectivity index (χ1) is 16.1. The molecule has 2 aromatic heterocycles. The largest absolute Gasteiger partial charge is 0.480 e. The van der Waals surface area contributed by atoms with E-state index in [0.717, 1.165) is 4.57 Å². The number of aromatic nitrogens is 4. The molecule has 0 atom stereocenters. The Bertz CT molecular complexity index is 1230. The molecule has 0 bridgehead atoms. The number of carboxylic acid groups (broad SMARTS) is 1. The molecule has 0 radical (unpaired) electrons. The number of aryl methyl sites for hydroxylation is 1. The Kier molecular flexibility index (Phi) is 9.05. The fourth-order valence-electron chi connectivity index (χ4n) is 3.64. The third kappa shape index (κ3) is 6.27. The highest BCUT2D eigenvalue weighted by Gasteiger charge is 2.26. The van der Waals surface area contributed by atoms with Crippen LogP contribution in [0.2, 0.25) is 0 Å². The van der Waals surface area contributed by atoms with Crippen molar-refractivity contribution in [2.45, 2.75) is 59.4 Å². The van der Waals surface area contributed by atoms with Gasteiger partial charge in [0, 0.05) is 18.7 Å². The minimum Gasteiger partial charge on any atom is -0.480 e. The summed E-state index contributed by atoms with van der Waals surface area (Å²) in [5, 5.41) is 9.17. The van der Waals surface area contributed by atoms with E-state index in [2.05, 4.69) is 11.6 Å². The Balaban J connectivity index is 0.00000199. The number of benzene rings is 1. The predicted octanol–water partition coefficient (Wildman–Crippen LogP) is 5.01. The number of nitrogens with zero attached hydrogens (tertiary/aromatic N) is 4. The van der Waals surface area contributed by atoms with Crippen LogP contribution in [0.4, 0.5) is 13.2 Å². The van der Waals surface area contributed by atoms with E-state index in [0.29, 0.717) is 28.2 Å². The van der Waals surface area contributed by atoms with E-state index in [1.165, 1.54) is 10.6 Å². The van der Waals surface area contributed by atoms with Gasteiger partial charge < -0.3 is 9.67 Å². The molecule has 7 nitrogen and oxygen atoms in total. The molecule has 34 heavy (non-hydrogen) atoms. The summed E-state index contributed by atoms with van der Waals surface area (Å²) in [6.45, 7) is 8.80. The number of para-hydroxylation sites is 2. The van der Waals surface area contributed by atoms with Gasteiger partial charge in [-0.05, 0) is 31.6 Å². The van der Waals surface area contributed by atoms with E-state index >= 15 is 0 Å². The van der Waals surface area contributed by atoms with Crippen LogP contribution in [0.1, 0.15) is 43.9 Å². The lowest BCUT2D eigenvalue weighted by Crippen LogP contribution is -2.28. The SMILES string of the molecule is C=C/C=C\c1c(C)n(CC(=O)O)c(=O)n1Cc1nc2ccccc2n1CCCC(F)(F)F.CC. The van der Waals surface area contributed by atoms with Crippen LogP contribution in [-0.2, 0) is 24.4 Å². The summed E-state index contributed by atoms with van der Waals surface area (Å²) in [6.07, 6.45) is -0.542. The fourth-order valence-corrected chi connectivity index (χ4v) is 3.64. The number of allylic oxidation sites excluding steroid dienone is 2. The first kappa shape index (κ1) is 26.7. The Morgan fingerprint density at radius 2 is 1.85 bits per heavy atom. The van der Waals surface area contributed by atoms with Gasteiger partial charge in [0.1, 0.15) is 12.4 Å². The average molecular weight is 479 g/mol. The van der Waals surface area contributed by atoms with Gasteiger partial charge in [0.05, 0.1) is 23.3 Å². The topological polar surface area (TPSA) is 82.1 Å². The summed E-state index contributed by atoms with van der Waals surface area (Å²) < 4.78 is 42.2. The summed E-state index contributed by atoms with van der Waals surface area (Å²) in [4.78, 5) is 28.8. The molecular formula is C24H29F3N4O3. The number of carboxylic acids is 1. The standard InChI is InChI=1S/C22H23F3N4O3.C2H6/c1-3-4-9-17-15(2)28(14-20(30)31)21(32)29(17)13-19-26-16-8-5-6-10-18(16)27(19)12-7-11-22(23,24)25;1-2/h3-6,8-10H,1,7,11-14H2,2H3,(H,30,31);1-2H3/b9-4-;. The molecule has 0 saturated heterocycles. The van der Waals surface area contributed by atoms with Gasteiger partial charge in [-0.25, -0.2) is 9.78 Å². The zero-order chi connectivity index (χ0) is 25.5. The maximum Gasteiger partial charge on any atom is 0.389 e. The number of imidazole rings is 2. The van der Waals surface area contributed by atoms with Gasteiger partial charge in [0.25, 0.3) is 0 Å². The van der Waals surface area contributed by atoms with E-state index in [1.54, 1.807) is 47.9 Å². The van der Waals surface area contributed by atoms with Gasteiger partial charge in [0.15, 0.2) is 0 Å². The minimum absolute atomic E-state index is 0.0240. The number of aliphatic carboxylic acids is 1. The molecule has 0 aliphatic heterocycles. The summed E-state index contributed by atoms with van der Waals surface area (Å²) in [5.41, 5.74) is 1.66. The van der Waals surface area contributed by atoms with Crippen molar-refractivity contribution in [2.75, 3.05) is 0 Å². The zero-order valence-corrected chi connectivity index (χ0v) is 19.5. The van der Waals surface area contributed by atoms with Gasteiger partial charge in [0.2, 0.25) is 0 Å². The summed E-state index contributed by atoms with van der Waals surface area (Å²) in [5.74, 6) is -0.748. The molecule has 3 rings (SSSR count). The normalized spacial score (nSPS) is 11.6. The van der Waals surface area contributed by atoms with Crippen molar-refractivity contribution in [2.24, 2.45) is 0 Å². The van der Waals surface area contributed by atoms with Crippen LogP contribution in [0.5, 0.6) is 0 Å². The molecule has 3 aromatic rings. The number of carbonyl (C=O) groups is 1. The van der Waals surface area contributed by atoms with Gasteiger partial charge in [-0.1, -0.05) is 44.7 Å². The van der Waals surface area contributed by atoms with Crippen LogP contribution < -0.4 is 5.69 Å². The molecule has 0 spiro atoms. The molecule has 0 aliphatic rings. The monoisotopic (exact) mass is 478 g/mol. The molecular weight excluding hydrogens is 449 g/mol. The predicted molar refractivity (Wildman–Crippen MR) is 126 cm³/mol. The van der Waals surface area contributed by atoms with Crippen LogP contribution in [-0.4, -0.2) is 35.9 Å². The highest BCUT2D eigenvalue weighted by atomic mass is 19.4. The van der Waals surface area contributed by atoms with E-state index in [-0.39, 0.29) is 19.5 Å². The highest BCUT2D eigenvalue weighted by molar-refractivity contribution is 5.76. The number of rotatable bonds is 9. The molecule has 0 saturated carbocycles. The van der Waals surface area contributed by atoms with Gasteiger partial charge in [-0.3, -0.25) is 13.9 Å². The Hall–Kier alpha value is -3.56. The second-order valence-electron chi connectivity index (χ2n) is 7.30. The van der Waals surface area contributed by atoms with E-state index < -0.39 is 30.8 Å². The number of halogens is 3. The van der Waals surface area contributed by atoms with Crippen molar-refractivity contribution >= 4 is 23.1 Å². The van der Waals surface area contributed by atoms with Crippen LogP contribution in [0.3, 0.4) is 0 Å². The van der Waals surface area contributed by atoms with E-state index in [4.69, 9.17) is 0 Å². The lowest BCUT2D eigenvalue weighted by atomic mass is 10.2. The molecule has 184 valence electrons.